The molecule has 0 bridgehead atoms. The number of nitrogens with zero attached hydrogens (tertiary/aromatic N) is 1. The Morgan fingerprint density at radius 2 is 1.67 bits per heavy atom. The van der Waals surface area contributed by atoms with Crippen molar-refractivity contribution in [1.29, 1.82) is 0 Å². The van der Waals surface area contributed by atoms with Crippen molar-refractivity contribution >= 4 is 29.2 Å². The lowest BCUT2D eigenvalue weighted by molar-refractivity contribution is -0.143. The number of hydrogen-bond acceptors (Lipinski definition) is 2. The van der Waals surface area contributed by atoms with Gasteiger partial charge >= 0.3 is 5.97 Å². The van der Waals surface area contributed by atoms with Gasteiger partial charge < -0.3 is 5.11 Å². The SMILES string of the molecule is O=C(O)C1CCCN(C(c2ccc(-c3ccccc3)cc2)c2ccc(Cl)cc2Cl)C1. The molecule has 0 saturated carbocycles. The van der Waals surface area contributed by atoms with Gasteiger partial charge in [-0.3, -0.25) is 9.69 Å². The highest BCUT2D eigenvalue weighted by molar-refractivity contribution is 6.35. The lowest BCUT2D eigenvalue weighted by Crippen LogP contribution is -2.41. The van der Waals surface area contributed by atoms with Crippen molar-refractivity contribution < 1.29 is 9.90 Å². The van der Waals surface area contributed by atoms with Gasteiger partial charge in [-0.15, -0.1) is 0 Å². The summed E-state index contributed by atoms with van der Waals surface area (Å²) >= 11 is 12.7. The molecule has 0 aromatic heterocycles. The summed E-state index contributed by atoms with van der Waals surface area (Å²) in [6.45, 7) is 1.33. The van der Waals surface area contributed by atoms with Gasteiger partial charge in [0.1, 0.15) is 0 Å². The maximum absolute atomic E-state index is 11.6. The summed E-state index contributed by atoms with van der Waals surface area (Å²) in [7, 11) is 0. The molecule has 1 saturated heterocycles. The van der Waals surface area contributed by atoms with Crippen LogP contribution in [0.5, 0.6) is 0 Å². The number of aliphatic carboxylic acids is 1. The van der Waals surface area contributed by atoms with Crippen LogP contribution in [0.2, 0.25) is 10.0 Å². The smallest absolute Gasteiger partial charge is 0.307 e. The van der Waals surface area contributed by atoms with Crippen LogP contribution in [0.4, 0.5) is 0 Å². The molecule has 3 aromatic rings. The lowest BCUT2D eigenvalue weighted by atomic mass is 9.90. The maximum Gasteiger partial charge on any atom is 0.307 e. The largest absolute Gasteiger partial charge is 0.481 e. The number of halogens is 2. The van der Waals surface area contributed by atoms with Crippen molar-refractivity contribution in [1.82, 2.24) is 4.90 Å². The first kappa shape index (κ1) is 20.9. The van der Waals surface area contributed by atoms with E-state index in [-0.39, 0.29) is 12.0 Å². The fourth-order valence-corrected chi connectivity index (χ4v) is 4.75. The Balaban J connectivity index is 1.72. The molecular formula is C25H23Cl2NO2. The Kier molecular flexibility index (Phi) is 6.43. The molecule has 2 atom stereocenters. The van der Waals surface area contributed by atoms with Gasteiger partial charge in [-0.1, -0.05) is 83.9 Å². The van der Waals surface area contributed by atoms with E-state index in [0.29, 0.717) is 23.0 Å². The number of benzene rings is 3. The molecule has 30 heavy (non-hydrogen) atoms. The Bertz CT molecular complexity index is 1020. The zero-order valence-electron chi connectivity index (χ0n) is 16.5. The van der Waals surface area contributed by atoms with E-state index < -0.39 is 5.97 Å². The van der Waals surface area contributed by atoms with E-state index in [1.165, 1.54) is 0 Å². The first-order chi connectivity index (χ1) is 14.5. The van der Waals surface area contributed by atoms with Crippen LogP contribution >= 0.6 is 23.2 Å². The van der Waals surface area contributed by atoms with E-state index in [1.807, 2.05) is 30.3 Å². The molecule has 1 N–H and O–H groups in total. The predicted octanol–water partition coefficient (Wildman–Crippen LogP) is 6.55. The van der Waals surface area contributed by atoms with Crippen LogP contribution < -0.4 is 0 Å². The summed E-state index contributed by atoms with van der Waals surface area (Å²) in [5.41, 5.74) is 4.33. The molecule has 3 nitrogen and oxygen atoms in total. The maximum atomic E-state index is 11.6. The van der Waals surface area contributed by atoms with E-state index in [1.54, 1.807) is 6.07 Å². The molecule has 0 spiro atoms. The Morgan fingerprint density at radius 3 is 2.33 bits per heavy atom. The second-order valence-electron chi connectivity index (χ2n) is 7.73. The minimum atomic E-state index is -0.736. The van der Waals surface area contributed by atoms with Crippen molar-refractivity contribution in [2.75, 3.05) is 13.1 Å². The number of hydrogen-bond donors (Lipinski definition) is 1. The average Bonchev–Trinajstić information content (AvgIpc) is 2.77. The van der Waals surface area contributed by atoms with E-state index in [2.05, 4.69) is 41.3 Å². The molecule has 5 heteroatoms. The van der Waals surface area contributed by atoms with Crippen LogP contribution in [0.25, 0.3) is 11.1 Å². The van der Waals surface area contributed by atoms with Gasteiger partial charge in [-0.2, -0.15) is 0 Å². The third-order valence-corrected chi connectivity index (χ3v) is 6.32. The first-order valence-corrected chi connectivity index (χ1v) is 10.9. The Hall–Kier alpha value is -2.33. The van der Waals surface area contributed by atoms with Crippen molar-refractivity contribution in [3.63, 3.8) is 0 Å². The summed E-state index contributed by atoms with van der Waals surface area (Å²) in [6.07, 6.45) is 1.56. The standard InChI is InChI=1S/C25H23Cl2NO2/c26-21-12-13-22(23(27)15-21)24(28-14-4-7-20(16-28)25(29)30)19-10-8-18(9-11-19)17-5-2-1-3-6-17/h1-3,5-6,8-13,15,20,24H,4,7,14,16H2,(H,29,30). The van der Waals surface area contributed by atoms with E-state index in [9.17, 15) is 9.90 Å². The highest BCUT2D eigenvalue weighted by atomic mass is 35.5. The summed E-state index contributed by atoms with van der Waals surface area (Å²) in [5, 5.41) is 10.7. The van der Waals surface area contributed by atoms with Gasteiger partial charge in [0.05, 0.1) is 12.0 Å². The highest BCUT2D eigenvalue weighted by Gasteiger charge is 2.32. The van der Waals surface area contributed by atoms with Crippen LogP contribution in [-0.2, 0) is 4.79 Å². The third kappa shape index (κ3) is 4.54. The number of piperidine rings is 1. The minimum Gasteiger partial charge on any atom is -0.481 e. The fraction of sp³-hybridized carbons (Fsp3) is 0.240. The summed E-state index contributed by atoms with van der Waals surface area (Å²) < 4.78 is 0. The topological polar surface area (TPSA) is 40.5 Å². The fourth-order valence-electron chi connectivity index (χ4n) is 4.24. The number of carbonyl (C=O) groups is 1. The summed E-state index contributed by atoms with van der Waals surface area (Å²) in [5.74, 6) is -1.10. The van der Waals surface area contributed by atoms with Gasteiger partial charge in [-0.25, -0.2) is 0 Å². The van der Waals surface area contributed by atoms with Crippen molar-refractivity contribution in [3.8, 4) is 11.1 Å². The van der Waals surface area contributed by atoms with Crippen molar-refractivity contribution in [2.45, 2.75) is 18.9 Å². The summed E-state index contributed by atoms with van der Waals surface area (Å²) in [4.78, 5) is 13.9. The number of carboxylic acids is 1. The zero-order valence-corrected chi connectivity index (χ0v) is 18.0. The second-order valence-corrected chi connectivity index (χ2v) is 8.57. The molecular weight excluding hydrogens is 417 g/mol. The van der Waals surface area contributed by atoms with Crippen molar-refractivity contribution in [3.05, 3.63) is 94.0 Å². The molecule has 154 valence electrons. The summed E-state index contributed by atoms with van der Waals surface area (Å²) in [6, 6.07) is 24.1. The van der Waals surface area contributed by atoms with Crippen LogP contribution in [0.15, 0.2) is 72.8 Å². The molecule has 2 unspecified atom stereocenters. The quantitative estimate of drug-likeness (QED) is 0.489. The molecule has 0 aliphatic carbocycles. The second kappa shape index (κ2) is 9.22. The van der Waals surface area contributed by atoms with Crippen molar-refractivity contribution in [2.24, 2.45) is 5.92 Å². The van der Waals surface area contributed by atoms with Gasteiger partial charge in [0, 0.05) is 16.6 Å². The molecule has 1 aliphatic rings. The Morgan fingerprint density at radius 1 is 0.967 bits per heavy atom. The molecule has 1 heterocycles. The average molecular weight is 440 g/mol. The third-order valence-electron chi connectivity index (χ3n) is 5.76. The van der Waals surface area contributed by atoms with Gasteiger partial charge in [-0.05, 0) is 53.8 Å². The minimum absolute atomic E-state index is 0.123. The van der Waals surface area contributed by atoms with Crippen LogP contribution in [0.3, 0.4) is 0 Å². The number of carboxylic acid groups (broad SMARTS) is 1. The molecule has 3 aromatic carbocycles. The number of rotatable bonds is 5. The molecule has 1 aliphatic heterocycles. The van der Waals surface area contributed by atoms with Crippen LogP contribution in [0, 0.1) is 5.92 Å². The predicted molar refractivity (Wildman–Crippen MR) is 122 cm³/mol. The molecule has 4 rings (SSSR count). The molecule has 1 fully saturated rings. The lowest BCUT2D eigenvalue weighted by Gasteiger charge is -2.38. The normalized spacial score (nSPS) is 18.1. The first-order valence-electron chi connectivity index (χ1n) is 10.1. The van der Waals surface area contributed by atoms with E-state index in [0.717, 1.165) is 35.2 Å². The zero-order chi connectivity index (χ0) is 21.1. The van der Waals surface area contributed by atoms with E-state index >= 15 is 0 Å². The van der Waals surface area contributed by atoms with Crippen LogP contribution in [0.1, 0.15) is 30.0 Å². The van der Waals surface area contributed by atoms with Gasteiger partial charge in [0.15, 0.2) is 0 Å². The van der Waals surface area contributed by atoms with Gasteiger partial charge in [0.2, 0.25) is 0 Å². The van der Waals surface area contributed by atoms with E-state index in [4.69, 9.17) is 23.2 Å². The molecule has 0 radical (unpaired) electrons. The monoisotopic (exact) mass is 439 g/mol. The van der Waals surface area contributed by atoms with Gasteiger partial charge in [0.25, 0.3) is 0 Å². The number of likely N-dealkylation sites (tertiary alicyclic amines) is 1. The molecule has 0 amide bonds. The van der Waals surface area contributed by atoms with Crippen LogP contribution in [-0.4, -0.2) is 29.1 Å². The highest BCUT2D eigenvalue weighted by Crippen LogP contribution is 2.37. The Labute approximate surface area is 186 Å².